The van der Waals surface area contributed by atoms with E-state index in [0.29, 0.717) is 5.82 Å². The van der Waals surface area contributed by atoms with Gasteiger partial charge in [0.1, 0.15) is 0 Å². The molecule has 0 saturated carbocycles. The molecule has 1 fully saturated rings. The Bertz CT molecular complexity index is 700. The van der Waals surface area contributed by atoms with Gasteiger partial charge in [0.2, 0.25) is 0 Å². The molecule has 0 aliphatic carbocycles. The summed E-state index contributed by atoms with van der Waals surface area (Å²) < 4.78 is 2.63. The molecule has 3 rings (SSSR count). The number of nitrogens with one attached hydrogen (secondary N) is 1. The van der Waals surface area contributed by atoms with Crippen molar-refractivity contribution >= 4 is 27.4 Å². The molecule has 0 spiro atoms. The smallest absolute Gasteiger partial charge is 0.293 e. The Kier molecular flexibility index (Phi) is 3.96. The van der Waals surface area contributed by atoms with Gasteiger partial charge in [0.15, 0.2) is 5.82 Å². The molecule has 21 heavy (non-hydrogen) atoms. The van der Waals surface area contributed by atoms with E-state index in [4.69, 9.17) is 0 Å². The molecule has 6 heteroatoms. The van der Waals surface area contributed by atoms with Crippen LogP contribution in [0.5, 0.6) is 0 Å². The van der Waals surface area contributed by atoms with Gasteiger partial charge in [-0.15, -0.1) is 0 Å². The summed E-state index contributed by atoms with van der Waals surface area (Å²) in [6.07, 6.45) is 4.29. The number of aryl methyl sites for hydroxylation is 1. The Morgan fingerprint density at radius 3 is 3.00 bits per heavy atom. The molecule has 1 aliphatic heterocycles. The molecule has 0 radical (unpaired) electrons. The van der Waals surface area contributed by atoms with Gasteiger partial charge in [-0.2, -0.15) is 0 Å². The maximum absolute atomic E-state index is 12.0. The summed E-state index contributed by atoms with van der Waals surface area (Å²) in [5.74, 6) is 0.430. The van der Waals surface area contributed by atoms with E-state index >= 15 is 0 Å². The average molecular weight is 349 g/mol. The Morgan fingerprint density at radius 2 is 2.19 bits per heavy atom. The molecule has 0 amide bonds. The van der Waals surface area contributed by atoms with Crippen molar-refractivity contribution in [2.75, 3.05) is 23.3 Å². The minimum atomic E-state index is -0.0863. The largest absolute Gasteiger partial charge is 0.368 e. The molecule has 0 bridgehead atoms. The molecular weight excluding hydrogens is 332 g/mol. The van der Waals surface area contributed by atoms with Gasteiger partial charge in [-0.1, -0.05) is 12.1 Å². The van der Waals surface area contributed by atoms with E-state index in [2.05, 4.69) is 37.2 Å². The second-order valence-electron chi connectivity index (χ2n) is 5.22. The van der Waals surface area contributed by atoms with Crippen molar-refractivity contribution in [1.82, 2.24) is 9.55 Å². The van der Waals surface area contributed by atoms with E-state index in [1.165, 1.54) is 10.3 Å². The standard InChI is InChI=1S/C15H17BrN4O/c1-19-9-7-17-14(15(19)21)18-11-6-8-20(10-11)13-5-3-2-4-12(13)16/h2-5,7,9,11H,6,8,10H2,1H3,(H,17,18)/t11-/m1/s1. The Balaban J connectivity index is 1.72. The molecule has 1 aromatic heterocycles. The fourth-order valence-electron chi connectivity index (χ4n) is 2.60. The highest BCUT2D eigenvalue weighted by Crippen LogP contribution is 2.29. The number of anilines is 2. The molecule has 5 nitrogen and oxygen atoms in total. The summed E-state index contributed by atoms with van der Waals surface area (Å²) >= 11 is 3.59. The van der Waals surface area contributed by atoms with Gasteiger partial charge in [-0.25, -0.2) is 4.98 Å². The highest BCUT2D eigenvalue weighted by molar-refractivity contribution is 9.10. The zero-order valence-corrected chi connectivity index (χ0v) is 13.4. The van der Waals surface area contributed by atoms with Crippen molar-refractivity contribution in [3.8, 4) is 0 Å². The third-order valence-corrected chi connectivity index (χ3v) is 4.41. The Morgan fingerprint density at radius 1 is 1.38 bits per heavy atom. The van der Waals surface area contributed by atoms with Gasteiger partial charge in [-0.3, -0.25) is 4.79 Å². The lowest BCUT2D eigenvalue weighted by Gasteiger charge is -2.20. The van der Waals surface area contributed by atoms with Crippen molar-refractivity contribution in [3.63, 3.8) is 0 Å². The quantitative estimate of drug-likeness (QED) is 0.923. The second-order valence-corrected chi connectivity index (χ2v) is 6.07. The van der Waals surface area contributed by atoms with Crippen LogP contribution in [-0.2, 0) is 7.05 Å². The van der Waals surface area contributed by atoms with Crippen LogP contribution in [0.1, 0.15) is 6.42 Å². The molecule has 2 heterocycles. The molecule has 110 valence electrons. The van der Waals surface area contributed by atoms with Crippen LogP contribution < -0.4 is 15.8 Å². The lowest BCUT2D eigenvalue weighted by atomic mass is 10.2. The number of para-hydroxylation sites is 1. The third kappa shape index (κ3) is 2.95. The number of halogens is 1. The van der Waals surface area contributed by atoms with Crippen LogP contribution in [0.2, 0.25) is 0 Å². The highest BCUT2D eigenvalue weighted by atomic mass is 79.9. The average Bonchev–Trinajstić information content (AvgIpc) is 2.93. The van der Waals surface area contributed by atoms with Crippen LogP contribution in [0.4, 0.5) is 11.5 Å². The van der Waals surface area contributed by atoms with Gasteiger partial charge in [0, 0.05) is 43.0 Å². The molecule has 1 aliphatic rings. The number of rotatable bonds is 3. The predicted octanol–water partition coefficient (Wildman–Crippen LogP) is 2.23. The summed E-state index contributed by atoms with van der Waals surface area (Å²) in [5.41, 5.74) is 1.10. The normalized spacial score (nSPS) is 18.0. The lowest BCUT2D eigenvalue weighted by molar-refractivity contribution is 0.778. The van der Waals surface area contributed by atoms with E-state index in [-0.39, 0.29) is 11.6 Å². The number of hydrogen-bond acceptors (Lipinski definition) is 4. The van der Waals surface area contributed by atoms with Gasteiger partial charge in [-0.05, 0) is 34.5 Å². The van der Waals surface area contributed by atoms with Crippen molar-refractivity contribution in [3.05, 3.63) is 51.5 Å². The van der Waals surface area contributed by atoms with Crippen molar-refractivity contribution in [1.29, 1.82) is 0 Å². The number of benzene rings is 1. The van der Waals surface area contributed by atoms with Crippen LogP contribution in [0, 0.1) is 0 Å². The first-order valence-corrected chi connectivity index (χ1v) is 7.72. The van der Waals surface area contributed by atoms with E-state index in [0.717, 1.165) is 24.0 Å². The summed E-state index contributed by atoms with van der Waals surface area (Å²) in [4.78, 5) is 18.4. The molecule has 1 saturated heterocycles. The number of hydrogen-bond donors (Lipinski definition) is 1. The summed E-state index contributed by atoms with van der Waals surface area (Å²) in [5, 5.41) is 3.27. The molecule has 1 N–H and O–H groups in total. The zero-order valence-electron chi connectivity index (χ0n) is 11.8. The van der Waals surface area contributed by atoms with E-state index < -0.39 is 0 Å². The SMILES string of the molecule is Cn1ccnc(N[C@@H]2CCN(c3ccccc3Br)C2)c1=O. The fourth-order valence-corrected chi connectivity index (χ4v) is 3.13. The first kappa shape index (κ1) is 14.1. The van der Waals surface area contributed by atoms with E-state index in [1.807, 2.05) is 18.2 Å². The van der Waals surface area contributed by atoms with Gasteiger partial charge in [0.05, 0.1) is 5.69 Å². The maximum atomic E-state index is 12.0. The maximum Gasteiger partial charge on any atom is 0.293 e. The van der Waals surface area contributed by atoms with Crippen molar-refractivity contribution in [2.24, 2.45) is 7.05 Å². The summed E-state index contributed by atoms with van der Waals surface area (Å²) in [6, 6.07) is 8.43. The van der Waals surface area contributed by atoms with Crippen LogP contribution in [-0.4, -0.2) is 28.7 Å². The Hall–Kier alpha value is -1.82. The predicted molar refractivity (Wildman–Crippen MR) is 87.9 cm³/mol. The van der Waals surface area contributed by atoms with E-state index in [9.17, 15) is 4.79 Å². The van der Waals surface area contributed by atoms with E-state index in [1.54, 1.807) is 19.4 Å². The van der Waals surface area contributed by atoms with Gasteiger partial charge in [0.25, 0.3) is 5.56 Å². The minimum Gasteiger partial charge on any atom is -0.368 e. The third-order valence-electron chi connectivity index (χ3n) is 3.74. The number of aromatic nitrogens is 2. The van der Waals surface area contributed by atoms with Crippen LogP contribution in [0.15, 0.2) is 45.9 Å². The molecule has 0 unspecified atom stereocenters. The van der Waals surface area contributed by atoms with Crippen LogP contribution in [0.3, 0.4) is 0 Å². The van der Waals surface area contributed by atoms with Gasteiger partial charge < -0.3 is 14.8 Å². The molecule has 2 aromatic rings. The van der Waals surface area contributed by atoms with Crippen LogP contribution >= 0.6 is 15.9 Å². The fraction of sp³-hybridized carbons (Fsp3) is 0.333. The first-order valence-electron chi connectivity index (χ1n) is 6.93. The topological polar surface area (TPSA) is 50.2 Å². The molecular formula is C15H17BrN4O. The zero-order chi connectivity index (χ0) is 14.8. The second kappa shape index (κ2) is 5.89. The molecule has 1 atom stereocenters. The van der Waals surface area contributed by atoms with Crippen LogP contribution in [0.25, 0.3) is 0 Å². The summed E-state index contributed by atoms with van der Waals surface area (Å²) in [6.45, 7) is 1.83. The van der Waals surface area contributed by atoms with Gasteiger partial charge >= 0.3 is 0 Å². The van der Waals surface area contributed by atoms with Crippen molar-refractivity contribution in [2.45, 2.75) is 12.5 Å². The minimum absolute atomic E-state index is 0.0863. The summed E-state index contributed by atoms with van der Waals surface area (Å²) in [7, 11) is 1.73. The highest BCUT2D eigenvalue weighted by Gasteiger charge is 2.24. The first-order chi connectivity index (χ1) is 10.1. The molecule has 1 aromatic carbocycles. The monoisotopic (exact) mass is 348 g/mol. The van der Waals surface area contributed by atoms with Crippen molar-refractivity contribution < 1.29 is 0 Å². The lowest BCUT2D eigenvalue weighted by Crippen LogP contribution is -2.30. The number of nitrogens with zero attached hydrogens (tertiary/aromatic N) is 3. The Labute approximate surface area is 131 Å².